The highest BCUT2D eigenvalue weighted by atomic mass is 79.9. The van der Waals surface area contributed by atoms with E-state index in [4.69, 9.17) is 4.74 Å². The smallest absolute Gasteiger partial charge is 0.324 e. The number of rotatable bonds is 4. The van der Waals surface area contributed by atoms with E-state index in [1.807, 2.05) is 29.2 Å². The molecular weight excluding hydrogens is 284 g/mol. The Morgan fingerprint density at radius 1 is 1.29 bits per heavy atom. The number of benzene rings is 1. The zero-order valence-corrected chi connectivity index (χ0v) is 11.3. The largest absolute Gasteiger partial charge is 0.497 e. The third kappa shape index (κ3) is 2.54. The molecule has 0 N–H and O–H groups in total. The summed E-state index contributed by atoms with van der Waals surface area (Å²) >= 11 is 3.35. The molecular formula is C12H15BrN2O2. The average Bonchev–Trinajstić information content (AvgIpc) is 2.72. The van der Waals surface area contributed by atoms with Gasteiger partial charge in [0.05, 0.1) is 7.11 Å². The van der Waals surface area contributed by atoms with E-state index in [0.717, 1.165) is 36.4 Å². The van der Waals surface area contributed by atoms with E-state index in [1.165, 1.54) is 0 Å². The van der Waals surface area contributed by atoms with Gasteiger partial charge in [0.1, 0.15) is 5.75 Å². The van der Waals surface area contributed by atoms with Gasteiger partial charge in [-0.05, 0) is 24.3 Å². The fourth-order valence-electron chi connectivity index (χ4n) is 1.89. The lowest BCUT2D eigenvalue weighted by Crippen LogP contribution is -2.32. The number of nitrogens with zero attached hydrogens (tertiary/aromatic N) is 2. The molecule has 17 heavy (non-hydrogen) atoms. The predicted octanol–water partition coefficient (Wildman–Crippen LogP) is 2.33. The molecule has 1 fully saturated rings. The van der Waals surface area contributed by atoms with Crippen LogP contribution in [-0.4, -0.2) is 43.0 Å². The molecule has 1 aliphatic heterocycles. The number of carbonyl (C=O) groups is 1. The van der Waals surface area contributed by atoms with Gasteiger partial charge in [0.15, 0.2) is 0 Å². The first-order valence-electron chi connectivity index (χ1n) is 5.52. The lowest BCUT2D eigenvalue weighted by atomic mass is 10.3. The summed E-state index contributed by atoms with van der Waals surface area (Å²) < 4.78 is 5.10. The van der Waals surface area contributed by atoms with Crippen molar-refractivity contribution < 1.29 is 9.53 Å². The maximum atomic E-state index is 12.1. The predicted molar refractivity (Wildman–Crippen MR) is 71.1 cm³/mol. The Kier molecular flexibility index (Phi) is 3.89. The Morgan fingerprint density at radius 2 is 2.00 bits per heavy atom. The second-order valence-electron chi connectivity index (χ2n) is 3.81. The molecule has 0 aromatic heterocycles. The summed E-state index contributed by atoms with van der Waals surface area (Å²) in [7, 11) is 1.63. The zero-order chi connectivity index (χ0) is 12.3. The van der Waals surface area contributed by atoms with Crippen molar-refractivity contribution in [1.82, 2.24) is 4.90 Å². The van der Waals surface area contributed by atoms with E-state index in [0.29, 0.717) is 0 Å². The number of hydrogen-bond acceptors (Lipinski definition) is 2. The first-order chi connectivity index (χ1) is 8.26. The van der Waals surface area contributed by atoms with E-state index in [9.17, 15) is 4.79 Å². The van der Waals surface area contributed by atoms with Gasteiger partial charge in [0.25, 0.3) is 0 Å². The summed E-state index contributed by atoms with van der Waals surface area (Å²) in [5.74, 6) is 0.803. The van der Waals surface area contributed by atoms with Crippen LogP contribution in [0.2, 0.25) is 0 Å². The number of amides is 2. The fourth-order valence-corrected chi connectivity index (χ4v) is 2.32. The quantitative estimate of drug-likeness (QED) is 0.799. The van der Waals surface area contributed by atoms with E-state index in [2.05, 4.69) is 15.9 Å². The summed E-state index contributed by atoms with van der Waals surface area (Å²) in [6.45, 7) is 2.29. The van der Waals surface area contributed by atoms with E-state index in [-0.39, 0.29) is 6.03 Å². The number of methoxy groups -OCH3 is 1. The number of alkyl halides is 1. The minimum atomic E-state index is 0.0783. The van der Waals surface area contributed by atoms with Crippen LogP contribution in [0.25, 0.3) is 0 Å². The van der Waals surface area contributed by atoms with Gasteiger partial charge in [0, 0.05) is 30.7 Å². The SMILES string of the molecule is COc1ccc(N2CCN(CCBr)C2=O)cc1. The molecule has 0 aliphatic carbocycles. The van der Waals surface area contributed by atoms with Crippen LogP contribution >= 0.6 is 15.9 Å². The van der Waals surface area contributed by atoms with Crippen molar-refractivity contribution in [3.05, 3.63) is 24.3 Å². The number of hydrogen-bond donors (Lipinski definition) is 0. The molecule has 2 rings (SSSR count). The Morgan fingerprint density at radius 3 is 2.59 bits per heavy atom. The second-order valence-corrected chi connectivity index (χ2v) is 4.60. The standard InChI is InChI=1S/C12H15BrN2O2/c1-17-11-4-2-10(3-5-11)15-9-8-14(7-6-13)12(15)16/h2-5H,6-9H2,1H3. The van der Waals surface area contributed by atoms with E-state index in [1.54, 1.807) is 12.0 Å². The summed E-state index contributed by atoms with van der Waals surface area (Å²) in [6, 6.07) is 7.64. The van der Waals surface area contributed by atoms with Gasteiger partial charge in [-0.15, -0.1) is 0 Å². The van der Waals surface area contributed by atoms with Crippen molar-refractivity contribution in [2.75, 3.05) is 37.0 Å². The minimum Gasteiger partial charge on any atom is -0.497 e. The molecule has 0 spiro atoms. The lowest BCUT2D eigenvalue weighted by Gasteiger charge is -2.18. The summed E-state index contributed by atoms with van der Waals surface area (Å²) in [5, 5.41) is 0.815. The van der Waals surface area contributed by atoms with Crippen molar-refractivity contribution in [3.8, 4) is 5.75 Å². The van der Waals surface area contributed by atoms with Crippen molar-refractivity contribution in [2.45, 2.75) is 0 Å². The van der Waals surface area contributed by atoms with Gasteiger partial charge >= 0.3 is 6.03 Å². The van der Waals surface area contributed by atoms with Gasteiger partial charge < -0.3 is 9.64 Å². The normalized spacial score (nSPS) is 15.5. The zero-order valence-electron chi connectivity index (χ0n) is 9.73. The molecule has 5 heteroatoms. The lowest BCUT2D eigenvalue weighted by molar-refractivity contribution is 0.223. The molecule has 1 saturated heterocycles. The number of halogens is 1. The van der Waals surface area contributed by atoms with Crippen LogP contribution < -0.4 is 9.64 Å². The first-order valence-corrected chi connectivity index (χ1v) is 6.65. The number of urea groups is 1. The highest BCUT2D eigenvalue weighted by Gasteiger charge is 2.28. The molecule has 4 nitrogen and oxygen atoms in total. The van der Waals surface area contributed by atoms with Gasteiger partial charge in [0.2, 0.25) is 0 Å². The van der Waals surface area contributed by atoms with E-state index < -0.39 is 0 Å². The van der Waals surface area contributed by atoms with Crippen molar-refractivity contribution in [2.24, 2.45) is 0 Å². The van der Waals surface area contributed by atoms with E-state index >= 15 is 0 Å². The molecule has 0 saturated carbocycles. The molecule has 92 valence electrons. The van der Waals surface area contributed by atoms with Gasteiger partial charge in [-0.3, -0.25) is 4.90 Å². The van der Waals surface area contributed by atoms with Crippen LogP contribution in [0, 0.1) is 0 Å². The maximum absolute atomic E-state index is 12.1. The Labute approximate surface area is 109 Å². The molecule has 0 radical (unpaired) electrons. The number of ether oxygens (including phenoxy) is 1. The van der Waals surface area contributed by atoms with Gasteiger partial charge in [-0.25, -0.2) is 4.79 Å². The number of anilines is 1. The van der Waals surface area contributed by atoms with Crippen LogP contribution in [0.4, 0.5) is 10.5 Å². The monoisotopic (exact) mass is 298 g/mol. The van der Waals surface area contributed by atoms with Crippen LogP contribution in [0.5, 0.6) is 5.75 Å². The minimum absolute atomic E-state index is 0.0783. The van der Waals surface area contributed by atoms with Crippen LogP contribution in [0.1, 0.15) is 0 Å². The number of carbonyl (C=O) groups excluding carboxylic acids is 1. The topological polar surface area (TPSA) is 32.8 Å². The molecule has 1 heterocycles. The average molecular weight is 299 g/mol. The molecule has 2 amide bonds. The molecule has 1 aromatic carbocycles. The second kappa shape index (κ2) is 5.40. The van der Waals surface area contributed by atoms with Crippen molar-refractivity contribution in [3.63, 3.8) is 0 Å². The van der Waals surface area contributed by atoms with Crippen LogP contribution in [-0.2, 0) is 0 Å². The third-order valence-corrected chi connectivity index (χ3v) is 3.19. The summed E-state index contributed by atoms with van der Waals surface area (Å²) in [5.41, 5.74) is 0.924. The molecule has 1 aromatic rings. The third-order valence-electron chi connectivity index (χ3n) is 2.83. The van der Waals surface area contributed by atoms with Gasteiger partial charge in [-0.2, -0.15) is 0 Å². The summed E-state index contributed by atoms with van der Waals surface area (Å²) in [4.78, 5) is 15.7. The Bertz CT molecular complexity index is 394. The molecule has 0 atom stereocenters. The highest BCUT2D eigenvalue weighted by Crippen LogP contribution is 2.23. The Balaban J connectivity index is 2.10. The van der Waals surface area contributed by atoms with Gasteiger partial charge in [-0.1, -0.05) is 15.9 Å². The highest BCUT2D eigenvalue weighted by molar-refractivity contribution is 9.09. The fraction of sp³-hybridized carbons (Fsp3) is 0.417. The van der Waals surface area contributed by atoms with Crippen molar-refractivity contribution >= 4 is 27.6 Å². The first kappa shape index (κ1) is 12.2. The Hall–Kier alpha value is -1.23. The molecule has 0 unspecified atom stereocenters. The molecule has 0 bridgehead atoms. The summed E-state index contributed by atoms with van der Waals surface area (Å²) in [6.07, 6.45) is 0. The van der Waals surface area contributed by atoms with Crippen molar-refractivity contribution in [1.29, 1.82) is 0 Å². The molecule has 1 aliphatic rings. The van der Waals surface area contributed by atoms with Crippen LogP contribution in [0.3, 0.4) is 0 Å². The van der Waals surface area contributed by atoms with Crippen LogP contribution in [0.15, 0.2) is 24.3 Å². The maximum Gasteiger partial charge on any atom is 0.324 e.